The van der Waals surface area contributed by atoms with Gasteiger partial charge in [0.15, 0.2) is 0 Å². The van der Waals surface area contributed by atoms with Crippen LogP contribution in [-0.2, 0) is 19.0 Å². The summed E-state index contributed by atoms with van der Waals surface area (Å²) >= 11 is 0. The summed E-state index contributed by atoms with van der Waals surface area (Å²) in [5, 5.41) is 5.84. The van der Waals surface area contributed by atoms with Crippen LogP contribution in [0.5, 0.6) is 0 Å². The van der Waals surface area contributed by atoms with Crippen LogP contribution in [0.1, 0.15) is 32.6 Å². The van der Waals surface area contributed by atoms with Crippen molar-refractivity contribution in [3.8, 4) is 0 Å². The maximum Gasteiger partial charge on any atom is 0.245 e. The van der Waals surface area contributed by atoms with Gasteiger partial charge in [-0.1, -0.05) is 26.2 Å². The first-order valence-corrected chi connectivity index (χ1v) is 7.95. The summed E-state index contributed by atoms with van der Waals surface area (Å²) in [7, 11) is 1.89. The van der Waals surface area contributed by atoms with Gasteiger partial charge in [-0.3, -0.25) is 4.79 Å². The first-order valence-electron chi connectivity index (χ1n) is 7.95. The predicted octanol–water partition coefficient (Wildman–Crippen LogP) is 0.952. The molecule has 6 heteroatoms. The van der Waals surface area contributed by atoms with Gasteiger partial charge in [-0.25, -0.2) is 0 Å². The fourth-order valence-electron chi connectivity index (χ4n) is 1.61. The van der Waals surface area contributed by atoms with Crippen molar-refractivity contribution in [2.24, 2.45) is 0 Å². The number of carbonyl (C=O) groups excluding carboxylic acids is 1. The van der Waals surface area contributed by atoms with Crippen LogP contribution in [0, 0.1) is 0 Å². The van der Waals surface area contributed by atoms with Crippen molar-refractivity contribution in [3.63, 3.8) is 0 Å². The van der Waals surface area contributed by atoms with Crippen LogP contribution in [0.4, 0.5) is 0 Å². The van der Waals surface area contributed by atoms with Gasteiger partial charge in [-0.2, -0.15) is 0 Å². The molecule has 0 aliphatic rings. The fraction of sp³-hybridized carbons (Fsp3) is 0.933. The largest absolute Gasteiger partial charge is 0.378 e. The molecule has 0 aromatic carbocycles. The Kier molecular flexibility index (Phi) is 16.8. The predicted molar refractivity (Wildman–Crippen MR) is 83.5 cm³/mol. The normalized spacial score (nSPS) is 10.8. The minimum atomic E-state index is -0.0538. The van der Waals surface area contributed by atoms with E-state index in [9.17, 15) is 4.79 Å². The summed E-state index contributed by atoms with van der Waals surface area (Å²) in [5.41, 5.74) is 0. The SMILES string of the molecule is CCCCCCNC(=O)COCCOCCOCCNC. The summed E-state index contributed by atoms with van der Waals surface area (Å²) in [6.07, 6.45) is 4.64. The van der Waals surface area contributed by atoms with E-state index in [1.165, 1.54) is 19.3 Å². The molecule has 0 atom stereocenters. The molecular weight excluding hydrogens is 272 g/mol. The molecule has 0 aromatic rings. The van der Waals surface area contributed by atoms with Crippen molar-refractivity contribution in [2.45, 2.75) is 32.6 Å². The highest BCUT2D eigenvalue weighted by molar-refractivity contribution is 5.77. The third-order valence-corrected chi connectivity index (χ3v) is 2.83. The van der Waals surface area contributed by atoms with Gasteiger partial charge in [0.2, 0.25) is 5.91 Å². The molecule has 0 aliphatic carbocycles. The van der Waals surface area contributed by atoms with Crippen molar-refractivity contribution in [1.82, 2.24) is 10.6 Å². The summed E-state index contributed by atoms with van der Waals surface area (Å²) in [6.45, 7) is 6.60. The maximum atomic E-state index is 11.4. The zero-order valence-electron chi connectivity index (χ0n) is 13.6. The van der Waals surface area contributed by atoms with Gasteiger partial charge < -0.3 is 24.8 Å². The van der Waals surface area contributed by atoms with E-state index in [0.29, 0.717) is 33.0 Å². The summed E-state index contributed by atoms with van der Waals surface area (Å²) < 4.78 is 15.8. The van der Waals surface area contributed by atoms with Crippen LogP contribution in [0.25, 0.3) is 0 Å². The lowest BCUT2D eigenvalue weighted by atomic mass is 10.2. The van der Waals surface area contributed by atoms with Crippen molar-refractivity contribution < 1.29 is 19.0 Å². The van der Waals surface area contributed by atoms with Gasteiger partial charge in [-0.05, 0) is 13.5 Å². The van der Waals surface area contributed by atoms with Gasteiger partial charge >= 0.3 is 0 Å². The Balaban J connectivity index is 3.11. The van der Waals surface area contributed by atoms with E-state index in [1.807, 2.05) is 7.05 Å². The average Bonchev–Trinajstić information content (AvgIpc) is 2.49. The van der Waals surface area contributed by atoms with Crippen LogP contribution in [0.2, 0.25) is 0 Å². The zero-order chi connectivity index (χ0) is 15.6. The van der Waals surface area contributed by atoms with E-state index in [0.717, 1.165) is 19.5 Å². The molecule has 0 saturated carbocycles. The van der Waals surface area contributed by atoms with Crippen LogP contribution >= 0.6 is 0 Å². The number of amides is 1. The van der Waals surface area contributed by atoms with Crippen LogP contribution in [0.15, 0.2) is 0 Å². The number of rotatable bonds is 16. The maximum absolute atomic E-state index is 11.4. The van der Waals surface area contributed by atoms with E-state index in [-0.39, 0.29) is 12.5 Å². The first kappa shape index (κ1) is 20.3. The van der Waals surface area contributed by atoms with Gasteiger partial charge in [0.05, 0.1) is 33.0 Å². The number of hydrogen-bond donors (Lipinski definition) is 2. The molecule has 0 saturated heterocycles. The number of unbranched alkanes of at least 4 members (excludes halogenated alkanes) is 3. The van der Waals surface area contributed by atoms with Gasteiger partial charge in [-0.15, -0.1) is 0 Å². The monoisotopic (exact) mass is 304 g/mol. The molecule has 2 N–H and O–H groups in total. The molecule has 0 heterocycles. The highest BCUT2D eigenvalue weighted by Crippen LogP contribution is 1.96. The minimum absolute atomic E-state index is 0.0538. The van der Waals surface area contributed by atoms with E-state index in [1.54, 1.807) is 0 Å². The second-order valence-corrected chi connectivity index (χ2v) is 4.79. The lowest BCUT2D eigenvalue weighted by Crippen LogP contribution is -2.29. The standard InChI is InChI=1S/C15H32N2O4/c1-3-4-5-6-7-17-15(18)14-21-13-12-20-11-10-19-9-8-16-2/h16H,3-14H2,1-2H3,(H,17,18). The number of hydrogen-bond acceptors (Lipinski definition) is 5. The van der Waals surface area contributed by atoms with Crippen LogP contribution in [-0.4, -0.2) is 65.7 Å². The van der Waals surface area contributed by atoms with E-state index in [4.69, 9.17) is 14.2 Å². The smallest absolute Gasteiger partial charge is 0.245 e. The Bertz CT molecular complexity index is 228. The molecule has 0 fully saturated rings. The van der Waals surface area contributed by atoms with Crippen LogP contribution < -0.4 is 10.6 Å². The topological polar surface area (TPSA) is 68.8 Å². The third-order valence-electron chi connectivity index (χ3n) is 2.83. The molecule has 0 radical (unpaired) electrons. The lowest BCUT2D eigenvalue weighted by molar-refractivity contribution is -0.126. The molecule has 0 unspecified atom stereocenters. The zero-order valence-corrected chi connectivity index (χ0v) is 13.6. The Hall–Kier alpha value is -0.690. The number of likely N-dealkylation sites (N-methyl/N-ethyl adjacent to an activating group) is 1. The molecule has 0 rings (SSSR count). The average molecular weight is 304 g/mol. The summed E-state index contributed by atoms with van der Waals surface area (Å²) in [5.74, 6) is -0.0538. The van der Waals surface area contributed by atoms with Crippen molar-refractivity contribution in [1.29, 1.82) is 0 Å². The molecule has 0 aromatic heterocycles. The highest BCUT2D eigenvalue weighted by Gasteiger charge is 2.00. The molecule has 0 spiro atoms. The Labute approximate surface area is 128 Å². The van der Waals surface area contributed by atoms with Crippen molar-refractivity contribution >= 4 is 5.91 Å². The number of carbonyl (C=O) groups is 1. The quantitative estimate of drug-likeness (QED) is 0.416. The molecule has 1 amide bonds. The van der Waals surface area contributed by atoms with Gasteiger partial charge in [0.25, 0.3) is 0 Å². The fourth-order valence-corrected chi connectivity index (χ4v) is 1.61. The number of ether oxygens (including phenoxy) is 3. The molecule has 126 valence electrons. The second kappa shape index (κ2) is 17.4. The highest BCUT2D eigenvalue weighted by atomic mass is 16.5. The van der Waals surface area contributed by atoms with E-state index >= 15 is 0 Å². The molecule has 21 heavy (non-hydrogen) atoms. The molecular formula is C15H32N2O4. The second-order valence-electron chi connectivity index (χ2n) is 4.79. The Morgan fingerprint density at radius 2 is 1.52 bits per heavy atom. The summed E-state index contributed by atoms with van der Waals surface area (Å²) in [6, 6.07) is 0. The molecule has 0 bridgehead atoms. The molecule has 0 aliphatic heterocycles. The van der Waals surface area contributed by atoms with E-state index in [2.05, 4.69) is 17.6 Å². The third kappa shape index (κ3) is 17.3. The van der Waals surface area contributed by atoms with E-state index < -0.39 is 0 Å². The van der Waals surface area contributed by atoms with Gasteiger partial charge in [0.1, 0.15) is 6.61 Å². The first-order chi connectivity index (χ1) is 10.3. The minimum Gasteiger partial charge on any atom is -0.378 e. The van der Waals surface area contributed by atoms with Crippen molar-refractivity contribution in [3.05, 3.63) is 0 Å². The van der Waals surface area contributed by atoms with Crippen LogP contribution in [0.3, 0.4) is 0 Å². The Morgan fingerprint density at radius 1 is 0.857 bits per heavy atom. The van der Waals surface area contributed by atoms with Crippen molar-refractivity contribution in [2.75, 3.05) is 59.8 Å². The van der Waals surface area contributed by atoms with Gasteiger partial charge in [0, 0.05) is 13.1 Å². The summed E-state index contributed by atoms with van der Waals surface area (Å²) in [4.78, 5) is 11.4. The lowest BCUT2D eigenvalue weighted by Gasteiger charge is -2.07. The Morgan fingerprint density at radius 3 is 2.19 bits per heavy atom. The number of nitrogens with one attached hydrogen (secondary N) is 2. The molecule has 6 nitrogen and oxygen atoms in total.